The van der Waals surface area contributed by atoms with Crippen molar-refractivity contribution in [3.05, 3.63) is 45.3 Å². The molecule has 20 nitrogen and oxygen atoms in total. The molecule has 5 heterocycles. The number of aromatic amines is 1. The summed E-state index contributed by atoms with van der Waals surface area (Å²) in [5, 5.41) is 29.7. The Balaban J connectivity index is 1.21. The maximum absolute atomic E-state index is 12.8. The summed E-state index contributed by atoms with van der Waals surface area (Å²) < 4.78 is 48.2. The van der Waals surface area contributed by atoms with Gasteiger partial charge in [-0.1, -0.05) is 0 Å². The lowest BCUT2D eigenvalue weighted by Crippen LogP contribution is -2.33. The zero-order valence-electron chi connectivity index (χ0n) is 22.0. The number of nitrogens with zero attached hydrogens (tertiary/aromatic N) is 5. The third kappa shape index (κ3) is 6.63. The van der Waals surface area contributed by atoms with E-state index in [9.17, 15) is 43.8 Å². The minimum atomic E-state index is -5.28. The number of phosphoric ester groups is 1. The van der Waals surface area contributed by atoms with Gasteiger partial charge in [-0.2, -0.15) is 4.31 Å². The molecule has 2 saturated heterocycles. The van der Waals surface area contributed by atoms with Crippen LogP contribution in [0.5, 0.6) is 0 Å². The van der Waals surface area contributed by atoms with Gasteiger partial charge in [0.2, 0.25) is 0 Å². The van der Waals surface area contributed by atoms with Crippen molar-refractivity contribution in [1.29, 1.82) is 0 Å². The largest absolute Gasteiger partial charge is 0.480 e. The van der Waals surface area contributed by atoms with E-state index in [-0.39, 0.29) is 40.3 Å². The van der Waals surface area contributed by atoms with Crippen LogP contribution in [0.25, 0.3) is 11.2 Å². The van der Waals surface area contributed by atoms with E-state index in [0.29, 0.717) is 0 Å². The van der Waals surface area contributed by atoms with Crippen LogP contribution in [0.15, 0.2) is 28.4 Å². The first-order valence-corrected chi connectivity index (χ1v) is 17.0. The first-order valence-electron chi connectivity index (χ1n) is 12.4. The highest BCUT2D eigenvalue weighted by Crippen LogP contribution is 2.69. The first kappa shape index (κ1) is 31.9. The van der Waals surface area contributed by atoms with E-state index < -0.39 is 81.2 Å². The van der Waals surface area contributed by atoms with E-state index in [1.165, 1.54) is 24.0 Å². The van der Waals surface area contributed by atoms with Crippen LogP contribution < -0.4 is 17.0 Å². The molecule has 0 amide bonds. The second kappa shape index (κ2) is 12.1. The van der Waals surface area contributed by atoms with Crippen molar-refractivity contribution in [3.8, 4) is 0 Å². The number of aliphatic hydroxyl groups is 3. The van der Waals surface area contributed by atoms with Gasteiger partial charge in [-0.15, -0.1) is 0 Å². The van der Waals surface area contributed by atoms with Crippen molar-refractivity contribution in [3.63, 3.8) is 0 Å². The fourth-order valence-corrected chi connectivity index (χ4v) is 10.0. The van der Waals surface area contributed by atoms with Gasteiger partial charge in [-0.3, -0.25) is 23.4 Å². The Morgan fingerprint density at radius 1 is 1.14 bits per heavy atom. The van der Waals surface area contributed by atoms with Gasteiger partial charge in [0.05, 0.1) is 25.6 Å². The van der Waals surface area contributed by atoms with Crippen molar-refractivity contribution >= 4 is 43.0 Å². The standard InChI is InChI=1S/C20H27N7O13P2S/c1-8-3-26(20(32)25-18(8)31)12-2-11(9(4-28)38-12)43-42(35,36)40-41(33,34)37-5-10-14(29)15(30)19(39-10)27-7-24-13-16(21)22-6-23-17(13)27/h3,6-7,9-12,14-15,19,28-30H,2,4-5H2,1H3,(H,33,34)(H,35,36)(H2,21,22,23)(H,25,31,32)/t9-,10-,11+,12-,14-,15-,19-/m1/s1. The predicted octanol–water partition coefficient (Wildman–Crippen LogP) is -1.50. The molecule has 0 aromatic carbocycles. The number of fused-ring (bicyclic) bond motifs is 1. The number of nitrogens with two attached hydrogens (primary N) is 1. The Hall–Kier alpha value is -2.52. The number of aliphatic hydroxyl groups excluding tert-OH is 3. The fraction of sp³-hybridized carbons (Fsp3) is 0.550. The topological polar surface area (TPSA) is 297 Å². The molecule has 2 aliphatic rings. The number of ether oxygens (including phenoxy) is 2. The Bertz CT molecular complexity index is 1720. The van der Waals surface area contributed by atoms with Gasteiger partial charge < -0.3 is 40.3 Å². The number of hydrogen-bond acceptors (Lipinski definition) is 16. The lowest BCUT2D eigenvalue weighted by atomic mass is 10.1. The van der Waals surface area contributed by atoms with E-state index in [2.05, 4.69) is 24.2 Å². The molecule has 9 atom stereocenters. The summed E-state index contributed by atoms with van der Waals surface area (Å²) in [5.41, 5.74) is 4.93. The Labute approximate surface area is 244 Å². The fourth-order valence-electron chi connectivity index (χ4n) is 4.61. The number of rotatable bonds is 10. The molecule has 5 rings (SSSR count). The zero-order chi connectivity index (χ0) is 31.3. The number of hydrogen-bond donors (Lipinski definition) is 7. The normalized spacial score (nSPS) is 30.4. The number of H-pyrrole nitrogens is 1. The molecule has 2 unspecified atom stereocenters. The van der Waals surface area contributed by atoms with Crippen LogP contribution in [0.1, 0.15) is 24.4 Å². The highest BCUT2D eigenvalue weighted by atomic mass is 32.7. The number of aromatic nitrogens is 6. The van der Waals surface area contributed by atoms with E-state index in [4.69, 9.17) is 19.7 Å². The summed E-state index contributed by atoms with van der Waals surface area (Å²) in [7, 11) is -5.28. The molecule has 0 spiro atoms. The van der Waals surface area contributed by atoms with Crippen molar-refractivity contribution in [2.75, 3.05) is 18.9 Å². The molecule has 0 bridgehead atoms. The molecular formula is C20H27N7O13P2S. The van der Waals surface area contributed by atoms with Crippen LogP contribution in [0, 0.1) is 6.92 Å². The van der Waals surface area contributed by atoms with Gasteiger partial charge in [0.1, 0.15) is 36.4 Å². The van der Waals surface area contributed by atoms with Gasteiger partial charge in [-0.05, 0) is 18.3 Å². The van der Waals surface area contributed by atoms with Crippen molar-refractivity contribution < 1.29 is 52.5 Å². The van der Waals surface area contributed by atoms with Crippen molar-refractivity contribution in [2.24, 2.45) is 0 Å². The van der Waals surface area contributed by atoms with Crippen LogP contribution in [0.3, 0.4) is 0 Å². The number of nitrogens with one attached hydrogen (secondary N) is 1. The Kier molecular flexibility index (Phi) is 8.98. The average molecular weight is 667 g/mol. The van der Waals surface area contributed by atoms with Gasteiger partial charge in [0, 0.05) is 23.4 Å². The molecule has 3 aromatic heterocycles. The minimum absolute atomic E-state index is 0.0618. The molecule has 43 heavy (non-hydrogen) atoms. The summed E-state index contributed by atoms with van der Waals surface area (Å²) in [6.07, 6.45) is -4.46. The molecule has 23 heteroatoms. The molecular weight excluding hydrogens is 640 g/mol. The summed E-state index contributed by atoms with van der Waals surface area (Å²) >= 11 is 0.192. The van der Waals surface area contributed by atoms with Crippen molar-refractivity contribution in [2.45, 2.75) is 55.5 Å². The number of anilines is 1. The summed E-state index contributed by atoms with van der Waals surface area (Å²) in [4.78, 5) is 58.4. The Morgan fingerprint density at radius 3 is 2.60 bits per heavy atom. The molecule has 0 saturated carbocycles. The van der Waals surface area contributed by atoms with Crippen LogP contribution in [-0.2, 0) is 27.4 Å². The molecule has 2 aliphatic heterocycles. The maximum atomic E-state index is 12.8. The molecule has 0 radical (unpaired) electrons. The monoisotopic (exact) mass is 667 g/mol. The lowest BCUT2D eigenvalue weighted by molar-refractivity contribution is -0.0501. The van der Waals surface area contributed by atoms with Gasteiger partial charge in [-0.25, -0.2) is 28.9 Å². The smallest absolute Gasteiger partial charge is 0.394 e. The summed E-state index contributed by atoms with van der Waals surface area (Å²) in [5.74, 6) is 0.0618. The number of aryl methyl sites for hydroxylation is 1. The van der Waals surface area contributed by atoms with E-state index in [0.717, 1.165) is 10.9 Å². The zero-order valence-corrected chi connectivity index (χ0v) is 24.6. The molecule has 236 valence electrons. The second-order valence-electron chi connectivity index (χ2n) is 9.61. The van der Waals surface area contributed by atoms with E-state index in [1.54, 1.807) is 0 Å². The van der Waals surface area contributed by atoms with Crippen LogP contribution in [-0.4, -0.2) is 97.1 Å². The van der Waals surface area contributed by atoms with Crippen LogP contribution >= 0.6 is 26.0 Å². The predicted molar refractivity (Wildman–Crippen MR) is 145 cm³/mol. The second-order valence-corrected chi connectivity index (χ2v) is 15.2. The highest BCUT2D eigenvalue weighted by Gasteiger charge is 2.47. The molecule has 3 aromatic rings. The summed E-state index contributed by atoms with van der Waals surface area (Å²) in [6, 6.07) is 0. The lowest BCUT2D eigenvalue weighted by Gasteiger charge is -2.21. The van der Waals surface area contributed by atoms with E-state index in [1.807, 2.05) is 0 Å². The molecule has 8 N–H and O–H groups in total. The maximum Gasteiger partial charge on any atom is 0.480 e. The third-order valence-corrected chi connectivity index (χ3v) is 12.1. The number of phosphoric acid groups is 1. The molecule has 0 aliphatic carbocycles. The quantitative estimate of drug-likeness (QED) is 0.121. The summed E-state index contributed by atoms with van der Waals surface area (Å²) in [6.45, 7) is -5.01. The van der Waals surface area contributed by atoms with Gasteiger partial charge >= 0.3 is 20.3 Å². The van der Waals surface area contributed by atoms with Gasteiger partial charge in [0.15, 0.2) is 17.7 Å². The minimum Gasteiger partial charge on any atom is -0.394 e. The molecule has 2 fully saturated rings. The SMILES string of the molecule is Cc1cn([C@H]2C[C@H](SP(=O)(O)OP(=O)(O)OC[C@H]3O[C@@H](n4cnc5c(N)ncnc54)[C@H](O)[C@@H]3O)[C@@H](CO)O2)c(=O)[nH]c1=O. The van der Waals surface area contributed by atoms with Crippen LogP contribution in [0.2, 0.25) is 0 Å². The van der Waals surface area contributed by atoms with Crippen molar-refractivity contribution in [1.82, 2.24) is 29.1 Å². The third-order valence-electron chi connectivity index (χ3n) is 6.69. The Morgan fingerprint density at radius 2 is 1.88 bits per heavy atom. The number of imidazole rings is 1. The van der Waals surface area contributed by atoms with Crippen LogP contribution in [0.4, 0.5) is 5.82 Å². The number of nitrogen functional groups attached to an aromatic ring is 1. The van der Waals surface area contributed by atoms with Gasteiger partial charge in [0.25, 0.3) is 5.56 Å². The van der Waals surface area contributed by atoms with E-state index >= 15 is 0 Å². The highest BCUT2D eigenvalue weighted by molar-refractivity contribution is 8.55. The average Bonchev–Trinajstić information content (AvgIpc) is 3.61. The first-order chi connectivity index (χ1) is 20.2.